The lowest BCUT2D eigenvalue weighted by Gasteiger charge is -2.36. The number of carbonyl (C=O) groups excluding carboxylic acids is 1. The molecule has 39 heavy (non-hydrogen) atoms. The minimum Gasteiger partial charge on any atom is -0.495 e. The van der Waals surface area contributed by atoms with Crippen molar-refractivity contribution in [3.8, 4) is 5.75 Å². The summed E-state index contributed by atoms with van der Waals surface area (Å²) >= 11 is 0. The molecular weight excluding hydrogens is 546 g/mol. The maximum absolute atomic E-state index is 13.6. The first-order valence-corrected chi connectivity index (χ1v) is 13.6. The number of halogens is 4. The highest BCUT2D eigenvalue weighted by Crippen LogP contribution is 2.54. The molecule has 2 aromatic carbocycles. The Hall–Kier alpha value is -3.39. The number of nitrogens with one attached hydrogen (secondary N) is 3. The maximum Gasteiger partial charge on any atom is 0.490 e. The Labute approximate surface area is 222 Å². The van der Waals surface area contributed by atoms with E-state index >= 15 is 0 Å². The predicted molar refractivity (Wildman–Crippen MR) is 133 cm³/mol. The molecule has 14 heteroatoms. The van der Waals surface area contributed by atoms with E-state index in [9.17, 15) is 30.8 Å². The summed E-state index contributed by atoms with van der Waals surface area (Å²) in [6, 6.07) is 6.94. The van der Waals surface area contributed by atoms with Crippen LogP contribution in [0, 0.1) is 5.82 Å². The van der Waals surface area contributed by atoms with Gasteiger partial charge in [-0.1, -0.05) is 6.42 Å². The molecule has 0 bridgehead atoms. The van der Waals surface area contributed by atoms with Gasteiger partial charge in [0.05, 0.1) is 12.5 Å². The molecule has 4 N–H and O–H groups in total. The SMILES string of the molecule is COc1cc(F)ccc1S(=O)(=O)Nc1cc(C2CCNCC2)c2c(c1)C1(CCC1)C(=O)N2.O=C(O)C(F)(F)F. The van der Waals surface area contributed by atoms with Gasteiger partial charge in [-0.05, 0) is 80.1 Å². The molecule has 212 valence electrons. The van der Waals surface area contributed by atoms with E-state index in [1.54, 1.807) is 6.07 Å². The summed E-state index contributed by atoms with van der Waals surface area (Å²) in [5.41, 5.74) is 2.56. The van der Waals surface area contributed by atoms with Crippen LogP contribution in [-0.4, -0.2) is 51.8 Å². The van der Waals surface area contributed by atoms with Gasteiger partial charge >= 0.3 is 12.1 Å². The lowest BCUT2D eigenvalue weighted by molar-refractivity contribution is -0.192. The number of anilines is 2. The van der Waals surface area contributed by atoms with Crippen molar-refractivity contribution in [2.75, 3.05) is 30.2 Å². The van der Waals surface area contributed by atoms with Gasteiger partial charge in [-0.25, -0.2) is 17.6 Å². The van der Waals surface area contributed by atoms with E-state index in [0.717, 1.165) is 74.1 Å². The number of sulfonamides is 1. The van der Waals surface area contributed by atoms with Gasteiger partial charge in [-0.2, -0.15) is 13.2 Å². The summed E-state index contributed by atoms with van der Waals surface area (Å²) in [5.74, 6) is -3.17. The maximum atomic E-state index is 13.6. The third-order valence-electron chi connectivity index (χ3n) is 7.25. The Morgan fingerprint density at radius 3 is 2.33 bits per heavy atom. The molecule has 2 fully saturated rings. The molecular formula is C25H27F4N3O6S. The fourth-order valence-electron chi connectivity index (χ4n) is 5.15. The van der Waals surface area contributed by atoms with Crippen molar-refractivity contribution in [1.82, 2.24) is 5.32 Å². The average Bonchev–Trinajstić information content (AvgIpc) is 3.15. The minimum absolute atomic E-state index is 0.00847. The van der Waals surface area contributed by atoms with Crippen molar-refractivity contribution >= 4 is 33.3 Å². The molecule has 0 unspecified atom stereocenters. The number of carboxylic acid groups (broad SMARTS) is 1. The molecule has 1 saturated heterocycles. The van der Waals surface area contributed by atoms with Crippen LogP contribution >= 0.6 is 0 Å². The van der Waals surface area contributed by atoms with E-state index in [0.29, 0.717) is 5.69 Å². The molecule has 0 radical (unpaired) electrons. The normalized spacial score (nSPS) is 18.3. The number of rotatable bonds is 5. The van der Waals surface area contributed by atoms with Crippen LogP contribution in [0.1, 0.15) is 49.1 Å². The minimum atomic E-state index is -5.08. The Balaban J connectivity index is 0.000000448. The molecule has 1 spiro atoms. The molecule has 1 saturated carbocycles. The summed E-state index contributed by atoms with van der Waals surface area (Å²) in [7, 11) is -2.73. The van der Waals surface area contributed by atoms with Crippen molar-refractivity contribution in [2.24, 2.45) is 0 Å². The number of carbonyl (C=O) groups is 2. The largest absolute Gasteiger partial charge is 0.495 e. The second-order valence-electron chi connectivity index (χ2n) is 9.61. The molecule has 1 aliphatic carbocycles. The van der Waals surface area contributed by atoms with E-state index < -0.39 is 33.4 Å². The molecule has 1 amide bonds. The summed E-state index contributed by atoms with van der Waals surface area (Å²) in [5, 5.41) is 13.6. The molecule has 3 aliphatic rings. The van der Waals surface area contributed by atoms with Crippen molar-refractivity contribution in [3.05, 3.63) is 47.3 Å². The van der Waals surface area contributed by atoms with E-state index in [1.165, 1.54) is 13.2 Å². The van der Waals surface area contributed by atoms with Crippen molar-refractivity contribution in [3.63, 3.8) is 0 Å². The number of carboxylic acids is 1. The zero-order chi connectivity index (χ0) is 28.6. The quantitative estimate of drug-likeness (QED) is 0.396. The lowest BCUT2D eigenvalue weighted by atomic mass is 9.65. The fourth-order valence-corrected chi connectivity index (χ4v) is 6.34. The Morgan fingerprint density at radius 1 is 1.15 bits per heavy atom. The summed E-state index contributed by atoms with van der Waals surface area (Å²) in [6.07, 6.45) is -0.758. The number of amides is 1. The number of methoxy groups -OCH3 is 1. The van der Waals surface area contributed by atoms with E-state index in [-0.39, 0.29) is 22.5 Å². The van der Waals surface area contributed by atoms with E-state index in [2.05, 4.69) is 15.4 Å². The molecule has 2 heterocycles. The van der Waals surface area contributed by atoms with Gasteiger partial charge in [0.1, 0.15) is 16.5 Å². The fraction of sp³-hybridized carbons (Fsp3) is 0.440. The number of hydrogen-bond acceptors (Lipinski definition) is 6. The summed E-state index contributed by atoms with van der Waals surface area (Å²) < 4.78 is 79.4. The number of piperidine rings is 1. The van der Waals surface area contributed by atoms with Gasteiger partial charge in [0.2, 0.25) is 5.91 Å². The van der Waals surface area contributed by atoms with Crippen LogP contribution in [0.3, 0.4) is 0 Å². The average molecular weight is 574 g/mol. The number of aliphatic carboxylic acids is 1. The van der Waals surface area contributed by atoms with Gasteiger partial charge < -0.3 is 20.5 Å². The number of alkyl halides is 3. The highest BCUT2D eigenvalue weighted by molar-refractivity contribution is 7.92. The number of fused-ring (bicyclic) bond motifs is 2. The van der Waals surface area contributed by atoms with Gasteiger partial charge in [0.15, 0.2) is 0 Å². The molecule has 9 nitrogen and oxygen atoms in total. The second-order valence-corrected chi connectivity index (χ2v) is 11.3. The zero-order valence-electron chi connectivity index (χ0n) is 20.8. The Bertz CT molecular complexity index is 1390. The Morgan fingerprint density at radius 2 is 1.79 bits per heavy atom. The molecule has 2 aliphatic heterocycles. The lowest BCUT2D eigenvalue weighted by Crippen LogP contribution is -2.40. The topological polar surface area (TPSA) is 134 Å². The third kappa shape index (κ3) is 5.66. The molecule has 0 atom stereocenters. The van der Waals surface area contributed by atoms with Gasteiger partial charge in [-0.3, -0.25) is 9.52 Å². The molecule has 0 aromatic heterocycles. The smallest absolute Gasteiger partial charge is 0.490 e. The molecule has 2 aromatic rings. The third-order valence-corrected chi connectivity index (χ3v) is 8.67. The van der Waals surface area contributed by atoms with Crippen molar-refractivity contribution < 1.29 is 45.4 Å². The summed E-state index contributed by atoms with van der Waals surface area (Å²) in [4.78, 5) is 21.6. The van der Waals surface area contributed by atoms with Crippen molar-refractivity contribution in [1.29, 1.82) is 0 Å². The highest BCUT2D eigenvalue weighted by Gasteiger charge is 2.52. The van der Waals surface area contributed by atoms with Crippen LogP contribution in [0.2, 0.25) is 0 Å². The predicted octanol–water partition coefficient (Wildman–Crippen LogP) is 4.11. The van der Waals surface area contributed by atoms with Crippen LogP contribution in [0.4, 0.5) is 28.9 Å². The number of benzene rings is 2. The number of ether oxygens (including phenoxy) is 1. The number of hydrogen-bond donors (Lipinski definition) is 4. The zero-order valence-corrected chi connectivity index (χ0v) is 21.6. The monoisotopic (exact) mass is 573 g/mol. The van der Waals surface area contributed by atoms with E-state index in [1.807, 2.05) is 6.07 Å². The van der Waals surface area contributed by atoms with Crippen LogP contribution in [0.5, 0.6) is 5.75 Å². The van der Waals surface area contributed by atoms with Gasteiger partial charge in [0, 0.05) is 17.4 Å². The first-order chi connectivity index (χ1) is 18.3. The molecule has 5 rings (SSSR count). The standard InChI is InChI=1S/C23H26FN3O4S.C2HF3O2/c1-31-19-11-15(24)3-4-20(19)32(29,30)27-16-12-17(14-5-9-25-10-6-14)21-18(13-16)23(7-2-8-23)22(28)26-21;3-2(4,5)1(6)7/h3-4,11-14,25,27H,2,5-10H2,1H3,(H,26,28);(H,6,7). The van der Waals surface area contributed by atoms with Crippen LogP contribution in [0.25, 0.3) is 0 Å². The second kappa shape index (κ2) is 10.6. The van der Waals surface area contributed by atoms with E-state index in [4.69, 9.17) is 14.6 Å². The first-order valence-electron chi connectivity index (χ1n) is 12.2. The van der Waals surface area contributed by atoms with Crippen LogP contribution in [-0.2, 0) is 25.0 Å². The first kappa shape index (κ1) is 28.6. The van der Waals surface area contributed by atoms with Crippen molar-refractivity contribution in [2.45, 2.75) is 54.5 Å². The highest BCUT2D eigenvalue weighted by atomic mass is 32.2. The van der Waals surface area contributed by atoms with Gasteiger partial charge in [-0.15, -0.1) is 0 Å². The van der Waals surface area contributed by atoms with Crippen LogP contribution < -0.4 is 20.1 Å². The summed E-state index contributed by atoms with van der Waals surface area (Å²) in [6.45, 7) is 1.75. The van der Waals surface area contributed by atoms with Crippen LogP contribution in [0.15, 0.2) is 35.2 Å². The van der Waals surface area contributed by atoms with Gasteiger partial charge in [0.25, 0.3) is 10.0 Å². The Kier molecular flexibility index (Phi) is 7.81.